The lowest BCUT2D eigenvalue weighted by Crippen LogP contribution is -2.57. The first-order chi connectivity index (χ1) is 23.0. The number of benzene rings is 1. The Hall–Kier alpha value is -4.66. The summed E-state index contributed by atoms with van der Waals surface area (Å²) < 4.78 is 0. The van der Waals surface area contributed by atoms with E-state index in [0.717, 1.165) is 42.1 Å². The van der Waals surface area contributed by atoms with Crippen molar-refractivity contribution in [1.82, 2.24) is 25.4 Å². The maximum atomic E-state index is 14.1. The SMILES string of the molecule is NC(=O)[C@H](Cc1c[nH]c2ccccc12)NC(=O)CNC(=O)[C@@H]1CCCN1C(=O)[C@@H]1C[C@@H]2CCCC[C@@H]2N1C(=O)[C@H](N)CCCN=C(N)N. The molecule has 260 valence electrons. The molecule has 11 N–H and O–H groups in total. The van der Waals surface area contributed by atoms with E-state index >= 15 is 0 Å². The van der Waals surface area contributed by atoms with E-state index in [1.54, 1.807) is 16.0 Å². The number of aliphatic imine (C=N–C) groups is 1. The number of aromatic nitrogens is 1. The first-order valence-corrected chi connectivity index (χ1v) is 16.9. The van der Waals surface area contributed by atoms with Crippen LogP contribution in [0.2, 0.25) is 0 Å². The van der Waals surface area contributed by atoms with Crippen molar-refractivity contribution in [3.8, 4) is 0 Å². The fourth-order valence-corrected chi connectivity index (χ4v) is 7.60. The summed E-state index contributed by atoms with van der Waals surface area (Å²) in [5, 5.41) is 6.19. The van der Waals surface area contributed by atoms with Gasteiger partial charge < -0.3 is 48.4 Å². The van der Waals surface area contributed by atoms with E-state index in [-0.39, 0.29) is 42.7 Å². The number of nitrogens with two attached hydrogens (primary N) is 4. The zero-order valence-electron chi connectivity index (χ0n) is 27.2. The number of hydrogen-bond acceptors (Lipinski definition) is 7. The summed E-state index contributed by atoms with van der Waals surface area (Å²) in [5.74, 6) is -2.09. The lowest BCUT2D eigenvalue weighted by molar-refractivity contribution is -0.148. The van der Waals surface area contributed by atoms with Crippen LogP contribution in [-0.2, 0) is 30.4 Å². The Labute approximate surface area is 279 Å². The first-order valence-electron chi connectivity index (χ1n) is 16.9. The number of nitrogens with zero attached hydrogens (tertiary/aromatic N) is 3. The maximum Gasteiger partial charge on any atom is 0.246 e. The van der Waals surface area contributed by atoms with Crippen LogP contribution >= 0.6 is 0 Å². The normalized spacial score (nSPS) is 23.3. The fraction of sp³-hybridized carbons (Fsp3) is 0.576. The number of guanidine groups is 1. The van der Waals surface area contributed by atoms with Gasteiger partial charge in [-0.25, -0.2) is 0 Å². The molecule has 0 spiro atoms. The minimum Gasteiger partial charge on any atom is -0.370 e. The number of carbonyl (C=O) groups excluding carboxylic acids is 5. The standard InChI is InChI=1S/C33H48N10O5/c34-22(9-5-13-38-33(36)37)31(47)43-25-11-4-1-7-19(25)16-27(43)32(48)42-14-6-12-26(42)30(46)40-18-28(44)41-24(29(35)45)15-20-17-39-23-10-3-2-8-21(20)23/h2-3,8,10,17,19,22,24-27,39H,1,4-7,9,11-16,18,34H2,(H2,35,45)(H,40,46)(H,41,44)(H4,36,37,38)/t19-,22+,24-,25-,26-,27-/m0/s1. The van der Waals surface area contributed by atoms with E-state index < -0.39 is 41.9 Å². The number of nitrogens with one attached hydrogen (secondary N) is 3. The molecule has 0 radical (unpaired) electrons. The van der Waals surface area contributed by atoms with Crippen LogP contribution in [0.25, 0.3) is 10.9 Å². The Bertz CT molecular complexity index is 1540. The summed E-state index contributed by atoms with van der Waals surface area (Å²) in [6.45, 7) is 0.339. The summed E-state index contributed by atoms with van der Waals surface area (Å²) in [6.07, 6.45) is 8.20. The third-order valence-electron chi connectivity index (χ3n) is 9.95. The van der Waals surface area contributed by atoms with Crippen LogP contribution in [0.5, 0.6) is 0 Å². The number of primary amides is 1. The van der Waals surface area contributed by atoms with Crippen LogP contribution in [0, 0.1) is 5.92 Å². The molecule has 1 saturated carbocycles. The highest BCUT2D eigenvalue weighted by Gasteiger charge is 2.50. The van der Waals surface area contributed by atoms with Crippen LogP contribution in [0.4, 0.5) is 0 Å². The molecule has 15 nitrogen and oxygen atoms in total. The molecule has 1 aromatic carbocycles. The molecule has 6 atom stereocenters. The average molecular weight is 665 g/mol. The third-order valence-corrected chi connectivity index (χ3v) is 9.95. The van der Waals surface area contributed by atoms with E-state index in [1.165, 1.54) is 0 Å². The average Bonchev–Trinajstić information content (AvgIpc) is 3.82. The van der Waals surface area contributed by atoms with Gasteiger partial charge in [0.15, 0.2) is 5.96 Å². The topological polar surface area (TPSA) is 248 Å². The smallest absolute Gasteiger partial charge is 0.246 e. The van der Waals surface area contributed by atoms with E-state index in [1.807, 2.05) is 24.3 Å². The summed E-state index contributed by atoms with van der Waals surface area (Å²) in [6, 6.07) is 4.27. The molecule has 1 aromatic heterocycles. The zero-order chi connectivity index (χ0) is 34.4. The van der Waals surface area contributed by atoms with Gasteiger partial charge in [-0.1, -0.05) is 31.0 Å². The van der Waals surface area contributed by atoms with Gasteiger partial charge in [0.1, 0.15) is 18.1 Å². The van der Waals surface area contributed by atoms with Gasteiger partial charge in [0, 0.05) is 42.7 Å². The quantitative estimate of drug-likeness (QED) is 0.0820. The number of hydrogen-bond donors (Lipinski definition) is 7. The minimum atomic E-state index is -0.981. The van der Waals surface area contributed by atoms with Crippen molar-refractivity contribution in [2.24, 2.45) is 33.8 Å². The Balaban J connectivity index is 1.19. The lowest BCUT2D eigenvalue weighted by atomic mass is 9.84. The molecule has 5 rings (SSSR count). The number of carbonyl (C=O) groups is 5. The van der Waals surface area contributed by atoms with Gasteiger partial charge in [-0.05, 0) is 62.5 Å². The molecule has 15 heteroatoms. The van der Waals surface area contributed by atoms with Gasteiger partial charge in [-0.2, -0.15) is 0 Å². The number of para-hydroxylation sites is 1. The van der Waals surface area contributed by atoms with Crippen molar-refractivity contribution >= 4 is 46.4 Å². The molecule has 5 amide bonds. The highest BCUT2D eigenvalue weighted by molar-refractivity contribution is 5.96. The second-order valence-electron chi connectivity index (χ2n) is 13.2. The third kappa shape index (κ3) is 7.89. The molecule has 3 aliphatic rings. The predicted octanol–water partition coefficient (Wildman–Crippen LogP) is -0.672. The molecule has 3 fully saturated rings. The number of aromatic amines is 1. The maximum absolute atomic E-state index is 14.1. The molecule has 0 bridgehead atoms. The number of H-pyrrole nitrogens is 1. The Morgan fingerprint density at radius 2 is 1.77 bits per heavy atom. The van der Waals surface area contributed by atoms with Crippen molar-refractivity contribution in [3.05, 3.63) is 36.0 Å². The Kier molecular flexibility index (Phi) is 11.2. The molecule has 48 heavy (non-hydrogen) atoms. The van der Waals surface area contributed by atoms with Gasteiger partial charge in [0.05, 0.1) is 12.6 Å². The summed E-state index contributed by atoms with van der Waals surface area (Å²) >= 11 is 0. The monoisotopic (exact) mass is 664 g/mol. The molecule has 0 unspecified atom stereocenters. The first kappa shape index (κ1) is 34.7. The lowest BCUT2D eigenvalue weighted by Gasteiger charge is -2.36. The number of amides is 5. The van der Waals surface area contributed by atoms with Crippen LogP contribution in [0.15, 0.2) is 35.5 Å². The molecule has 2 aromatic rings. The van der Waals surface area contributed by atoms with Gasteiger partial charge >= 0.3 is 0 Å². The number of likely N-dealkylation sites (tertiary alicyclic amines) is 2. The van der Waals surface area contributed by atoms with E-state index in [4.69, 9.17) is 22.9 Å². The number of rotatable bonds is 13. The molecule has 3 heterocycles. The van der Waals surface area contributed by atoms with Gasteiger partial charge in [-0.3, -0.25) is 29.0 Å². The van der Waals surface area contributed by atoms with Gasteiger partial charge in [0.25, 0.3) is 0 Å². The van der Waals surface area contributed by atoms with Gasteiger partial charge in [0.2, 0.25) is 29.5 Å². The van der Waals surface area contributed by atoms with Gasteiger partial charge in [-0.15, -0.1) is 0 Å². The summed E-state index contributed by atoms with van der Waals surface area (Å²) in [7, 11) is 0. The number of fused-ring (bicyclic) bond motifs is 2. The van der Waals surface area contributed by atoms with E-state index in [2.05, 4.69) is 20.6 Å². The molecule has 2 aliphatic heterocycles. The van der Waals surface area contributed by atoms with Crippen molar-refractivity contribution in [2.75, 3.05) is 19.6 Å². The van der Waals surface area contributed by atoms with Crippen LogP contribution in [-0.4, -0.2) is 100 Å². The van der Waals surface area contributed by atoms with Crippen LogP contribution in [0.3, 0.4) is 0 Å². The van der Waals surface area contributed by atoms with E-state index in [9.17, 15) is 24.0 Å². The Morgan fingerprint density at radius 3 is 2.54 bits per heavy atom. The van der Waals surface area contributed by atoms with Crippen molar-refractivity contribution in [3.63, 3.8) is 0 Å². The molecule has 1 aliphatic carbocycles. The minimum absolute atomic E-state index is 0.0220. The molecule has 2 saturated heterocycles. The molecular formula is C33H48N10O5. The van der Waals surface area contributed by atoms with Crippen molar-refractivity contribution in [1.29, 1.82) is 0 Å². The summed E-state index contributed by atoms with van der Waals surface area (Å²) in [5.41, 5.74) is 24.5. The van der Waals surface area contributed by atoms with Crippen LogP contribution < -0.4 is 33.6 Å². The second-order valence-corrected chi connectivity index (χ2v) is 13.2. The summed E-state index contributed by atoms with van der Waals surface area (Å²) in [4.78, 5) is 76.6. The van der Waals surface area contributed by atoms with Crippen molar-refractivity contribution < 1.29 is 24.0 Å². The highest BCUT2D eigenvalue weighted by Crippen LogP contribution is 2.41. The van der Waals surface area contributed by atoms with E-state index in [0.29, 0.717) is 45.2 Å². The highest BCUT2D eigenvalue weighted by atomic mass is 16.2. The van der Waals surface area contributed by atoms with Crippen molar-refractivity contribution in [2.45, 2.75) is 94.4 Å². The molecular weight excluding hydrogens is 616 g/mol. The second kappa shape index (κ2) is 15.5. The fourth-order valence-electron chi connectivity index (χ4n) is 7.60. The Morgan fingerprint density at radius 1 is 1.00 bits per heavy atom. The predicted molar refractivity (Wildman–Crippen MR) is 180 cm³/mol. The largest absolute Gasteiger partial charge is 0.370 e. The zero-order valence-corrected chi connectivity index (χ0v) is 27.2. The van der Waals surface area contributed by atoms with Crippen LogP contribution in [0.1, 0.15) is 63.4 Å².